The molecule has 9 rings (SSSR count). The van der Waals surface area contributed by atoms with Crippen LogP contribution in [0.1, 0.15) is 90.8 Å². The van der Waals surface area contributed by atoms with Gasteiger partial charge in [-0.05, 0) is 66.8 Å². The molecule has 4 heterocycles. The van der Waals surface area contributed by atoms with E-state index < -0.39 is 46.4 Å². The lowest BCUT2D eigenvalue weighted by atomic mass is 9.58. The summed E-state index contributed by atoms with van der Waals surface area (Å²) in [5.74, 6) is -2.40. The van der Waals surface area contributed by atoms with Gasteiger partial charge in [0.05, 0.1) is 36.2 Å². The Morgan fingerprint density at radius 2 is 1.22 bits per heavy atom. The molecule has 332 valence electrons. The van der Waals surface area contributed by atoms with Crippen LogP contribution in [-0.2, 0) is 34.3 Å². The van der Waals surface area contributed by atoms with Crippen molar-refractivity contribution in [3.63, 3.8) is 0 Å². The number of hydrogen-bond acceptors (Lipinski definition) is 13. The summed E-state index contributed by atoms with van der Waals surface area (Å²) in [6.45, 7) is 8.51. The molecule has 2 aliphatic carbocycles. The van der Waals surface area contributed by atoms with E-state index in [4.69, 9.17) is 14.2 Å². The third kappa shape index (κ3) is 6.92. The van der Waals surface area contributed by atoms with E-state index in [0.717, 1.165) is 0 Å². The van der Waals surface area contributed by atoms with Crippen LogP contribution in [0.15, 0.2) is 54.6 Å². The second-order valence-corrected chi connectivity index (χ2v) is 18.9. The maximum absolute atomic E-state index is 13.9. The molecule has 0 radical (unpaired) electrons. The summed E-state index contributed by atoms with van der Waals surface area (Å²) in [6.07, 6.45) is 1.68. The number of fused-ring (bicyclic) bond motifs is 6. The van der Waals surface area contributed by atoms with Gasteiger partial charge in [-0.3, -0.25) is 24.0 Å². The molecule has 63 heavy (non-hydrogen) atoms. The Labute approximate surface area is 363 Å². The maximum Gasteiger partial charge on any atom is 0.340 e. The van der Waals surface area contributed by atoms with E-state index in [-0.39, 0.29) is 94.2 Å². The summed E-state index contributed by atoms with van der Waals surface area (Å²) in [6, 6.07) is 11.6. The molecule has 17 nitrogen and oxygen atoms in total. The van der Waals surface area contributed by atoms with Crippen molar-refractivity contribution in [3.8, 4) is 23.0 Å². The first-order chi connectivity index (χ1) is 29.9. The third-order valence-electron chi connectivity index (χ3n) is 14.6. The second kappa shape index (κ2) is 15.3. The molecule has 8 atom stereocenters. The minimum atomic E-state index is -1.53. The molecule has 0 unspecified atom stereocenters. The van der Waals surface area contributed by atoms with Gasteiger partial charge in [0.2, 0.25) is 17.7 Å². The van der Waals surface area contributed by atoms with Crippen molar-refractivity contribution in [2.24, 2.45) is 22.7 Å². The zero-order valence-corrected chi connectivity index (χ0v) is 35.6. The fourth-order valence-corrected chi connectivity index (χ4v) is 10.5. The van der Waals surface area contributed by atoms with E-state index in [1.807, 2.05) is 27.7 Å². The van der Waals surface area contributed by atoms with Crippen LogP contribution >= 0.6 is 0 Å². The number of nitrogens with one attached hydrogen (secondary N) is 6. The standard InChI is InChI=1S/C46H52N6O11/c1-44(2)29(39(56)50-22-14-32(48-20-22)41(58)52-36-18-30(42(59)61-5)45(36,3)4)17-35(44)51-40(57)31-13-21(19-47-31)49-38(55)25-7-6-8-28-37(25)43(60)63-46(28)26-11-9-23(53)15-33(26)62-34-16-24(54)10-12-27(34)46/h6-12,15-16,21-22,29-32,35-36,47-48,53-54H,13-14,17-20H2,1-5H3,(H,49,55)(H,50,56)(H,51,57)(H,52,58)/t21-,22-,29-,30-,31-,32-,35-,36-/m0/s1. The number of carbonyl (C=O) groups excluding carboxylic acids is 6. The Bertz CT molecular complexity index is 2400. The number of methoxy groups -OCH3 is 1. The number of rotatable bonds is 9. The average molecular weight is 865 g/mol. The van der Waals surface area contributed by atoms with Crippen molar-refractivity contribution < 1.29 is 53.2 Å². The fraction of sp³-hybridized carbons (Fsp3) is 0.478. The molecule has 1 spiro atoms. The first kappa shape index (κ1) is 42.1. The van der Waals surface area contributed by atoms with Gasteiger partial charge < -0.3 is 56.3 Å². The van der Waals surface area contributed by atoms with Gasteiger partial charge >= 0.3 is 11.9 Å². The van der Waals surface area contributed by atoms with Gasteiger partial charge in [-0.2, -0.15) is 0 Å². The summed E-state index contributed by atoms with van der Waals surface area (Å²) in [4.78, 5) is 80.0. The summed E-state index contributed by atoms with van der Waals surface area (Å²) in [7, 11) is 1.36. The molecule has 3 aromatic rings. The van der Waals surface area contributed by atoms with E-state index in [1.54, 1.807) is 30.3 Å². The topological polar surface area (TPSA) is 243 Å². The minimum absolute atomic E-state index is 0.0694. The number of amides is 4. The van der Waals surface area contributed by atoms with E-state index in [9.17, 15) is 39.0 Å². The lowest BCUT2D eigenvalue weighted by molar-refractivity contribution is -0.160. The van der Waals surface area contributed by atoms with Crippen LogP contribution < -0.4 is 36.6 Å². The zero-order valence-electron chi connectivity index (χ0n) is 35.6. The summed E-state index contributed by atoms with van der Waals surface area (Å²) in [5.41, 5.74) is -1.06. The summed E-state index contributed by atoms with van der Waals surface area (Å²) >= 11 is 0. The largest absolute Gasteiger partial charge is 0.508 e. The second-order valence-electron chi connectivity index (χ2n) is 18.9. The maximum atomic E-state index is 13.9. The molecule has 2 saturated carbocycles. The number of phenols is 2. The highest BCUT2D eigenvalue weighted by molar-refractivity contribution is 6.09. The van der Waals surface area contributed by atoms with Crippen LogP contribution in [0, 0.1) is 22.7 Å². The fourth-order valence-electron chi connectivity index (χ4n) is 10.5. The number of phenolic OH excluding ortho intramolecular Hbond substituents is 2. The van der Waals surface area contributed by atoms with Crippen LogP contribution in [-0.4, -0.2) is 102 Å². The minimum Gasteiger partial charge on any atom is -0.508 e. The van der Waals surface area contributed by atoms with Crippen LogP contribution in [0.5, 0.6) is 23.0 Å². The van der Waals surface area contributed by atoms with Crippen LogP contribution in [0.4, 0.5) is 0 Å². The van der Waals surface area contributed by atoms with Crippen LogP contribution in [0.25, 0.3) is 0 Å². The molecule has 8 N–H and O–H groups in total. The quantitative estimate of drug-likeness (QED) is 0.144. The third-order valence-corrected chi connectivity index (χ3v) is 14.6. The van der Waals surface area contributed by atoms with Crippen LogP contribution in [0.3, 0.4) is 0 Å². The molecule has 0 bridgehead atoms. The molecule has 6 aliphatic rings. The lowest BCUT2D eigenvalue weighted by Gasteiger charge is -2.51. The smallest absolute Gasteiger partial charge is 0.340 e. The van der Waals surface area contributed by atoms with E-state index in [2.05, 4.69) is 31.9 Å². The number of carbonyl (C=O) groups is 6. The van der Waals surface area contributed by atoms with Gasteiger partial charge in [0.1, 0.15) is 23.0 Å². The Hall–Kier alpha value is -6.20. The zero-order chi connectivity index (χ0) is 44.7. The normalized spacial score (nSPS) is 28.7. The molecule has 4 aliphatic heterocycles. The van der Waals surface area contributed by atoms with Crippen molar-refractivity contribution >= 4 is 35.6 Å². The van der Waals surface area contributed by atoms with Gasteiger partial charge in [-0.1, -0.05) is 39.8 Å². The van der Waals surface area contributed by atoms with E-state index in [1.165, 1.54) is 31.4 Å². The first-order valence-electron chi connectivity index (χ1n) is 21.4. The van der Waals surface area contributed by atoms with Crippen molar-refractivity contribution in [2.45, 2.75) is 95.2 Å². The van der Waals surface area contributed by atoms with E-state index in [0.29, 0.717) is 49.0 Å². The predicted octanol–water partition coefficient (Wildman–Crippen LogP) is 2.21. The molecular formula is C46H52N6O11. The predicted molar refractivity (Wildman–Crippen MR) is 224 cm³/mol. The number of esters is 2. The molecule has 4 amide bonds. The number of aromatic hydroxyl groups is 2. The molecule has 17 heteroatoms. The number of benzene rings is 3. The van der Waals surface area contributed by atoms with E-state index >= 15 is 0 Å². The molecular weight excluding hydrogens is 813 g/mol. The first-order valence-corrected chi connectivity index (χ1v) is 21.4. The van der Waals surface area contributed by atoms with Gasteiger partial charge in [0, 0.05) is 72.0 Å². The number of ether oxygens (including phenoxy) is 3. The van der Waals surface area contributed by atoms with Gasteiger partial charge in [-0.25, -0.2) is 4.79 Å². The summed E-state index contributed by atoms with van der Waals surface area (Å²) in [5, 5.41) is 39.2. The number of hydrogen-bond donors (Lipinski definition) is 8. The molecule has 0 aromatic heterocycles. The van der Waals surface area contributed by atoms with Crippen molar-refractivity contribution in [3.05, 3.63) is 82.4 Å². The highest BCUT2D eigenvalue weighted by Gasteiger charge is 2.57. The van der Waals surface area contributed by atoms with Gasteiger partial charge in [-0.15, -0.1) is 0 Å². The van der Waals surface area contributed by atoms with Crippen molar-refractivity contribution in [1.29, 1.82) is 0 Å². The molecule has 4 fully saturated rings. The molecule has 3 aromatic carbocycles. The van der Waals surface area contributed by atoms with Crippen LogP contribution in [0.2, 0.25) is 0 Å². The lowest BCUT2D eigenvalue weighted by Crippen LogP contribution is -2.64. The van der Waals surface area contributed by atoms with Gasteiger partial charge in [0.25, 0.3) is 5.91 Å². The average Bonchev–Trinajstić information content (AvgIpc) is 3.98. The SMILES string of the molecule is COC(=O)[C@@H]1C[C@H](NC(=O)[C@@H]2C[C@H](NC(=O)[C@@H]3C[C@H](NC(=O)[C@@H]4C[C@H](NC(=O)c5cccc6c5C(=O)OC65c6ccc(O)cc6Oc6cc(O)ccc65)CN4)C3(C)C)CN2)C1(C)C. The summed E-state index contributed by atoms with van der Waals surface area (Å²) < 4.78 is 17.1. The molecule has 2 saturated heterocycles. The Morgan fingerprint density at radius 1 is 0.683 bits per heavy atom. The Kier molecular flexibility index (Phi) is 10.2. The van der Waals surface area contributed by atoms with Crippen molar-refractivity contribution in [2.75, 3.05) is 20.2 Å². The highest BCUT2D eigenvalue weighted by atomic mass is 16.6. The van der Waals surface area contributed by atoms with Crippen molar-refractivity contribution in [1.82, 2.24) is 31.9 Å². The monoisotopic (exact) mass is 864 g/mol. The highest BCUT2D eigenvalue weighted by Crippen LogP contribution is 2.57. The van der Waals surface area contributed by atoms with Gasteiger partial charge in [0.15, 0.2) is 5.60 Å². The Balaban J connectivity index is 0.784. The Morgan fingerprint density at radius 3 is 1.76 bits per heavy atom.